The SMILES string of the molecule is C[C@H](C(=O)c1ccco1)/[N+]([O-])=C/c1ccccc1. The minimum atomic E-state index is -0.809. The van der Waals surface area contributed by atoms with E-state index >= 15 is 0 Å². The van der Waals surface area contributed by atoms with Gasteiger partial charge in [-0.15, -0.1) is 0 Å². The fraction of sp³-hybridized carbons (Fsp3) is 0.143. The van der Waals surface area contributed by atoms with Gasteiger partial charge in [0.1, 0.15) is 0 Å². The predicted octanol–water partition coefficient (Wildman–Crippen LogP) is 2.48. The second kappa shape index (κ2) is 5.31. The Kier molecular flexibility index (Phi) is 3.57. The molecule has 2 aromatic rings. The van der Waals surface area contributed by atoms with E-state index in [2.05, 4.69) is 0 Å². The summed E-state index contributed by atoms with van der Waals surface area (Å²) < 4.78 is 5.63. The Balaban J connectivity index is 2.16. The minimum Gasteiger partial charge on any atom is -0.623 e. The number of hydrogen-bond acceptors (Lipinski definition) is 3. The Morgan fingerprint density at radius 2 is 2.00 bits per heavy atom. The first kappa shape index (κ1) is 12.1. The van der Waals surface area contributed by atoms with Crippen molar-refractivity contribution in [2.75, 3.05) is 0 Å². The van der Waals surface area contributed by atoms with Crippen molar-refractivity contribution in [3.63, 3.8) is 0 Å². The first-order valence-corrected chi connectivity index (χ1v) is 5.61. The van der Waals surface area contributed by atoms with Crippen LogP contribution in [0.3, 0.4) is 0 Å². The van der Waals surface area contributed by atoms with E-state index in [1.54, 1.807) is 31.2 Å². The Labute approximate surface area is 105 Å². The summed E-state index contributed by atoms with van der Waals surface area (Å²) in [6, 6.07) is 11.5. The van der Waals surface area contributed by atoms with E-state index in [0.29, 0.717) is 4.74 Å². The topological polar surface area (TPSA) is 56.3 Å². The van der Waals surface area contributed by atoms with Gasteiger partial charge in [-0.05, 0) is 24.3 Å². The summed E-state index contributed by atoms with van der Waals surface area (Å²) in [7, 11) is 0. The van der Waals surface area contributed by atoms with Crippen LogP contribution >= 0.6 is 0 Å². The standard InChI is InChI=1S/C14H13NO3/c1-11(14(16)13-8-5-9-18-13)15(17)10-12-6-3-2-4-7-12/h2-11H,1H3/b15-10-/t11-/m1/s1. The van der Waals surface area contributed by atoms with Crippen molar-refractivity contribution >= 4 is 12.0 Å². The second-order valence-electron chi connectivity index (χ2n) is 3.92. The molecule has 0 N–H and O–H groups in total. The zero-order valence-electron chi connectivity index (χ0n) is 9.95. The number of carbonyl (C=O) groups is 1. The lowest BCUT2D eigenvalue weighted by Crippen LogP contribution is -2.28. The molecular formula is C14H13NO3. The number of carbonyl (C=O) groups excluding carboxylic acids is 1. The van der Waals surface area contributed by atoms with E-state index in [0.717, 1.165) is 5.56 Å². The molecule has 0 bridgehead atoms. The Hall–Kier alpha value is -2.36. The van der Waals surface area contributed by atoms with Gasteiger partial charge >= 0.3 is 0 Å². The highest BCUT2D eigenvalue weighted by molar-refractivity contribution is 5.97. The first-order valence-electron chi connectivity index (χ1n) is 5.61. The summed E-state index contributed by atoms with van der Waals surface area (Å²) in [5.74, 6) is -0.132. The van der Waals surface area contributed by atoms with E-state index in [9.17, 15) is 10.0 Å². The van der Waals surface area contributed by atoms with Crippen LogP contribution in [0.2, 0.25) is 0 Å². The van der Waals surface area contributed by atoms with Gasteiger partial charge in [0, 0.05) is 12.5 Å². The average molecular weight is 243 g/mol. The predicted molar refractivity (Wildman–Crippen MR) is 67.7 cm³/mol. The van der Waals surface area contributed by atoms with Gasteiger partial charge < -0.3 is 9.62 Å². The maximum atomic E-state index is 11.9. The highest BCUT2D eigenvalue weighted by atomic mass is 16.5. The lowest BCUT2D eigenvalue weighted by molar-refractivity contribution is -0.474. The van der Waals surface area contributed by atoms with Crippen molar-refractivity contribution in [1.29, 1.82) is 0 Å². The average Bonchev–Trinajstić information content (AvgIpc) is 2.92. The fourth-order valence-corrected chi connectivity index (χ4v) is 1.54. The van der Waals surface area contributed by atoms with Gasteiger partial charge in [0.2, 0.25) is 6.04 Å². The number of hydrogen-bond donors (Lipinski definition) is 0. The van der Waals surface area contributed by atoms with Crippen LogP contribution < -0.4 is 0 Å². The number of rotatable bonds is 4. The molecule has 1 aromatic carbocycles. The number of ketones is 1. The van der Waals surface area contributed by atoms with Gasteiger partial charge in [0.15, 0.2) is 12.0 Å². The summed E-state index contributed by atoms with van der Waals surface area (Å²) in [5, 5.41) is 11.8. The molecule has 0 unspecified atom stereocenters. The Bertz CT molecular complexity index is 544. The highest BCUT2D eigenvalue weighted by Crippen LogP contribution is 2.06. The smallest absolute Gasteiger partial charge is 0.266 e. The molecular weight excluding hydrogens is 230 g/mol. The van der Waals surface area contributed by atoms with Crippen molar-refractivity contribution in [2.24, 2.45) is 0 Å². The Morgan fingerprint density at radius 1 is 1.28 bits per heavy atom. The number of nitrogens with zero attached hydrogens (tertiary/aromatic N) is 1. The molecule has 0 saturated carbocycles. The first-order chi connectivity index (χ1) is 8.68. The number of furan rings is 1. The van der Waals surface area contributed by atoms with Crippen LogP contribution in [0, 0.1) is 5.21 Å². The van der Waals surface area contributed by atoms with Crippen LogP contribution in [0.4, 0.5) is 0 Å². The number of Topliss-reactive ketones (excluding diaryl/α,β-unsaturated/α-hetero) is 1. The minimum absolute atomic E-state index is 0.199. The molecule has 1 atom stereocenters. The summed E-state index contributed by atoms with van der Waals surface area (Å²) in [6.45, 7) is 1.55. The van der Waals surface area contributed by atoms with Gasteiger partial charge in [0.25, 0.3) is 5.78 Å². The molecule has 0 aliphatic carbocycles. The molecule has 0 saturated heterocycles. The van der Waals surface area contributed by atoms with Gasteiger partial charge in [0.05, 0.1) is 6.26 Å². The third-order valence-corrected chi connectivity index (χ3v) is 2.60. The van der Waals surface area contributed by atoms with Crippen LogP contribution in [0.15, 0.2) is 53.1 Å². The van der Waals surface area contributed by atoms with Crippen LogP contribution in [0.1, 0.15) is 23.0 Å². The molecule has 18 heavy (non-hydrogen) atoms. The molecule has 0 amide bonds. The lowest BCUT2D eigenvalue weighted by atomic mass is 10.1. The third-order valence-electron chi connectivity index (χ3n) is 2.60. The van der Waals surface area contributed by atoms with E-state index in [-0.39, 0.29) is 11.5 Å². The fourth-order valence-electron chi connectivity index (χ4n) is 1.54. The molecule has 0 fully saturated rings. The Morgan fingerprint density at radius 3 is 2.61 bits per heavy atom. The van der Waals surface area contributed by atoms with Gasteiger partial charge in [-0.1, -0.05) is 18.2 Å². The molecule has 2 rings (SSSR count). The maximum absolute atomic E-state index is 11.9. The molecule has 1 heterocycles. The van der Waals surface area contributed by atoms with Crippen molar-refractivity contribution < 1.29 is 14.0 Å². The molecule has 0 spiro atoms. The molecule has 0 aliphatic heterocycles. The molecule has 92 valence electrons. The lowest BCUT2D eigenvalue weighted by Gasteiger charge is -2.10. The monoisotopic (exact) mass is 243 g/mol. The quantitative estimate of drug-likeness (QED) is 0.272. The number of benzene rings is 1. The maximum Gasteiger partial charge on any atom is 0.266 e. The van der Waals surface area contributed by atoms with E-state index < -0.39 is 6.04 Å². The van der Waals surface area contributed by atoms with E-state index in [1.165, 1.54) is 12.5 Å². The molecule has 0 aliphatic rings. The van der Waals surface area contributed by atoms with Crippen LogP contribution in [0.5, 0.6) is 0 Å². The van der Waals surface area contributed by atoms with Gasteiger partial charge in [-0.2, -0.15) is 0 Å². The largest absolute Gasteiger partial charge is 0.623 e. The third kappa shape index (κ3) is 2.66. The molecule has 0 radical (unpaired) electrons. The zero-order valence-corrected chi connectivity index (χ0v) is 9.95. The van der Waals surface area contributed by atoms with Gasteiger partial charge in [-0.3, -0.25) is 4.79 Å². The number of hydroxylamine groups is 1. The van der Waals surface area contributed by atoms with Gasteiger partial charge in [-0.25, -0.2) is 4.74 Å². The second-order valence-corrected chi connectivity index (χ2v) is 3.92. The van der Waals surface area contributed by atoms with Crippen molar-refractivity contribution in [2.45, 2.75) is 13.0 Å². The summed E-state index contributed by atoms with van der Waals surface area (Å²) in [5.41, 5.74) is 0.756. The van der Waals surface area contributed by atoms with E-state index in [1.807, 2.05) is 18.2 Å². The van der Waals surface area contributed by atoms with Crippen LogP contribution in [-0.2, 0) is 0 Å². The van der Waals surface area contributed by atoms with Crippen LogP contribution in [0.25, 0.3) is 0 Å². The summed E-state index contributed by atoms with van der Waals surface area (Å²) in [6.07, 6.45) is 2.81. The van der Waals surface area contributed by atoms with Crippen molar-refractivity contribution in [3.8, 4) is 0 Å². The zero-order chi connectivity index (χ0) is 13.0. The summed E-state index contributed by atoms with van der Waals surface area (Å²) >= 11 is 0. The highest BCUT2D eigenvalue weighted by Gasteiger charge is 2.23. The van der Waals surface area contributed by atoms with E-state index in [4.69, 9.17) is 4.42 Å². The van der Waals surface area contributed by atoms with Crippen molar-refractivity contribution in [1.82, 2.24) is 0 Å². The normalized spacial score (nSPS) is 13.3. The van der Waals surface area contributed by atoms with Crippen molar-refractivity contribution in [3.05, 3.63) is 65.3 Å². The van der Waals surface area contributed by atoms with Crippen LogP contribution in [-0.4, -0.2) is 22.8 Å². The molecule has 4 heteroatoms. The summed E-state index contributed by atoms with van der Waals surface area (Å²) in [4.78, 5) is 11.9. The molecule has 1 aromatic heterocycles. The molecule has 4 nitrogen and oxygen atoms in total.